The molecule has 2 N–H and O–H groups in total. The van der Waals surface area contributed by atoms with Gasteiger partial charge in [0, 0.05) is 24.8 Å². The molecule has 1 aromatic heterocycles. The van der Waals surface area contributed by atoms with E-state index in [4.69, 9.17) is 9.84 Å². The number of carboxylic acids is 1. The molecule has 0 saturated carbocycles. The SMILES string of the molecule is Cc1nn(C)c(C)c1CC(=O)NCCOCC(=O)O. The highest BCUT2D eigenvalue weighted by atomic mass is 16.5. The van der Waals surface area contributed by atoms with Crippen LogP contribution in [0.5, 0.6) is 0 Å². The van der Waals surface area contributed by atoms with Gasteiger partial charge in [-0.1, -0.05) is 0 Å². The normalized spacial score (nSPS) is 10.5. The maximum Gasteiger partial charge on any atom is 0.329 e. The zero-order valence-electron chi connectivity index (χ0n) is 11.4. The smallest absolute Gasteiger partial charge is 0.329 e. The Kier molecular flexibility index (Phi) is 5.50. The molecule has 0 fully saturated rings. The van der Waals surface area contributed by atoms with E-state index in [-0.39, 0.29) is 25.5 Å². The van der Waals surface area contributed by atoms with Gasteiger partial charge < -0.3 is 15.2 Å². The molecule has 0 saturated heterocycles. The number of ether oxygens (including phenoxy) is 1. The lowest BCUT2D eigenvalue weighted by atomic mass is 10.1. The summed E-state index contributed by atoms with van der Waals surface area (Å²) in [6.07, 6.45) is 0.268. The topological polar surface area (TPSA) is 93.5 Å². The summed E-state index contributed by atoms with van der Waals surface area (Å²) in [6, 6.07) is 0. The first-order valence-corrected chi connectivity index (χ1v) is 5.97. The molecule has 1 aromatic rings. The number of hydrogen-bond acceptors (Lipinski definition) is 4. The summed E-state index contributed by atoms with van der Waals surface area (Å²) in [5.41, 5.74) is 2.73. The number of aliphatic carboxylic acids is 1. The van der Waals surface area contributed by atoms with E-state index >= 15 is 0 Å². The highest BCUT2D eigenvalue weighted by molar-refractivity contribution is 5.79. The summed E-state index contributed by atoms with van der Waals surface area (Å²) < 4.78 is 6.56. The van der Waals surface area contributed by atoms with Gasteiger partial charge in [0.25, 0.3) is 0 Å². The van der Waals surface area contributed by atoms with Crippen LogP contribution in [0.15, 0.2) is 0 Å². The van der Waals surface area contributed by atoms with E-state index in [0.717, 1.165) is 17.0 Å². The number of carbonyl (C=O) groups is 2. The van der Waals surface area contributed by atoms with Gasteiger partial charge in [0.15, 0.2) is 0 Å². The van der Waals surface area contributed by atoms with Crippen molar-refractivity contribution in [3.05, 3.63) is 17.0 Å². The average molecular weight is 269 g/mol. The highest BCUT2D eigenvalue weighted by Crippen LogP contribution is 2.12. The molecule has 0 aromatic carbocycles. The van der Waals surface area contributed by atoms with E-state index < -0.39 is 5.97 Å². The number of amides is 1. The minimum atomic E-state index is -1.02. The standard InChI is InChI=1S/C12H19N3O4/c1-8-10(9(2)15(3)14-8)6-11(16)13-4-5-19-7-12(17)18/h4-7H2,1-3H3,(H,13,16)(H,17,18). The monoisotopic (exact) mass is 269 g/mol. The maximum atomic E-state index is 11.7. The van der Waals surface area contributed by atoms with Crippen LogP contribution >= 0.6 is 0 Å². The number of nitrogens with one attached hydrogen (secondary N) is 1. The average Bonchev–Trinajstić information content (AvgIpc) is 2.55. The van der Waals surface area contributed by atoms with Gasteiger partial charge in [-0.2, -0.15) is 5.10 Å². The first kappa shape index (κ1) is 15.2. The van der Waals surface area contributed by atoms with E-state index in [2.05, 4.69) is 10.4 Å². The van der Waals surface area contributed by atoms with Crippen molar-refractivity contribution in [1.82, 2.24) is 15.1 Å². The van der Waals surface area contributed by atoms with E-state index in [0.29, 0.717) is 6.54 Å². The second kappa shape index (κ2) is 6.89. The number of carbonyl (C=O) groups excluding carboxylic acids is 1. The van der Waals surface area contributed by atoms with Crippen LogP contribution in [0.1, 0.15) is 17.0 Å². The van der Waals surface area contributed by atoms with E-state index in [1.165, 1.54) is 0 Å². The molecule has 0 aliphatic rings. The first-order chi connectivity index (χ1) is 8.91. The number of aryl methyl sites for hydroxylation is 2. The minimum absolute atomic E-state index is 0.127. The van der Waals surface area contributed by atoms with Gasteiger partial charge in [-0.25, -0.2) is 4.79 Å². The quantitative estimate of drug-likeness (QED) is 0.668. The first-order valence-electron chi connectivity index (χ1n) is 5.97. The van der Waals surface area contributed by atoms with Gasteiger partial charge in [0.1, 0.15) is 6.61 Å². The van der Waals surface area contributed by atoms with E-state index in [1.807, 2.05) is 20.9 Å². The Hall–Kier alpha value is -1.89. The molecule has 106 valence electrons. The van der Waals surface area contributed by atoms with Crippen LogP contribution in [-0.4, -0.2) is 46.5 Å². The zero-order valence-corrected chi connectivity index (χ0v) is 11.4. The third-order valence-electron chi connectivity index (χ3n) is 2.79. The van der Waals surface area contributed by atoms with Gasteiger partial charge in [-0.05, 0) is 13.8 Å². The van der Waals surface area contributed by atoms with Crippen molar-refractivity contribution >= 4 is 11.9 Å². The van der Waals surface area contributed by atoms with Crippen LogP contribution in [0, 0.1) is 13.8 Å². The molecule has 0 unspecified atom stereocenters. The third kappa shape index (κ3) is 4.70. The molecule has 1 rings (SSSR count). The van der Waals surface area contributed by atoms with Crippen molar-refractivity contribution in [1.29, 1.82) is 0 Å². The zero-order chi connectivity index (χ0) is 14.4. The van der Waals surface area contributed by atoms with Crippen molar-refractivity contribution in [2.24, 2.45) is 7.05 Å². The summed E-state index contributed by atoms with van der Waals surface area (Å²) in [5.74, 6) is -1.15. The molecule has 0 bridgehead atoms. The van der Waals surface area contributed by atoms with Crippen LogP contribution in [0.25, 0.3) is 0 Å². The lowest BCUT2D eigenvalue weighted by Crippen LogP contribution is -2.29. The summed E-state index contributed by atoms with van der Waals surface area (Å²) in [5, 5.41) is 15.3. The fourth-order valence-corrected chi connectivity index (χ4v) is 1.72. The predicted molar refractivity (Wildman–Crippen MR) is 67.9 cm³/mol. The Bertz CT molecular complexity index is 468. The predicted octanol–water partition coefficient (Wildman–Crippen LogP) is -0.203. The Labute approximate surface area is 111 Å². The highest BCUT2D eigenvalue weighted by Gasteiger charge is 2.12. The van der Waals surface area contributed by atoms with Crippen LogP contribution in [0.3, 0.4) is 0 Å². The van der Waals surface area contributed by atoms with Crippen LogP contribution in [-0.2, 0) is 27.8 Å². The number of nitrogens with zero attached hydrogens (tertiary/aromatic N) is 2. The third-order valence-corrected chi connectivity index (χ3v) is 2.79. The van der Waals surface area contributed by atoms with Gasteiger partial charge in [-0.3, -0.25) is 9.48 Å². The van der Waals surface area contributed by atoms with Gasteiger partial charge in [0.05, 0.1) is 18.7 Å². The molecule has 0 atom stereocenters. The van der Waals surface area contributed by atoms with Crippen LogP contribution < -0.4 is 5.32 Å². The van der Waals surface area contributed by atoms with Crippen molar-refractivity contribution in [2.45, 2.75) is 20.3 Å². The fraction of sp³-hybridized carbons (Fsp3) is 0.583. The Morgan fingerprint density at radius 1 is 1.42 bits per heavy atom. The van der Waals surface area contributed by atoms with Crippen molar-refractivity contribution in [3.8, 4) is 0 Å². The lowest BCUT2D eigenvalue weighted by Gasteiger charge is -2.05. The van der Waals surface area contributed by atoms with Crippen molar-refractivity contribution in [3.63, 3.8) is 0 Å². The number of aromatic nitrogens is 2. The largest absolute Gasteiger partial charge is 0.480 e. The van der Waals surface area contributed by atoms with Crippen molar-refractivity contribution in [2.75, 3.05) is 19.8 Å². The van der Waals surface area contributed by atoms with Gasteiger partial charge >= 0.3 is 5.97 Å². The summed E-state index contributed by atoms with van der Waals surface area (Å²) in [6.45, 7) is 3.91. The number of rotatable bonds is 7. The Morgan fingerprint density at radius 2 is 2.11 bits per heavy atom. The van der Waals surface area contributed by atoms with Crippen LogP contribution in [0.2, 0.25) is 0 Å². The molecule has 19 heavy (non-hydrogen) atoms. The fourth-order valence-electron chi connectivity index (χ4n) is 1.72. The van der Waals surface area contributed by atoms with Gasteiger partial charge in [-0.15, -0.1) is 0 Å². The molecule has 7 heteroatoms. The molecule has 0 aliphatic heterocycles. The molecule has 1 amide bonds. The lowest BCUT2D eigenvalue weighted by molar-refractivity contribution is -0.142. The molecule has 0 spiro atoms. The van der Waals surface area contributed by atoms with Crippen LogP contribution in [0.4, 0.5) is 0 Å². The minimum Gasteiger partial charge on any atom is -0.480 e. The summed E-state index contributed by atoms with van der Waals surface area (Å²) in [7, 11) is 1.84. The molecular formula is C12H19N3O4. The van der Waals surface area contributed by atoms with E-state index in [1.54, 1.807) is 4.68 Å². The second-order valence-corrected chi connectivity index (χ2v) is 4.25. The Morgan fingerprint density at radius 3 is 2.63 bits per heavy atom. The molecule has 1 heterocycles. The Balaban J connectivity index is 2.33. The maximum absolute atomic E-state index is 11.7. The second-order valence-electron chi connectivity index (χ2n) is 4.25. The van der Waals surface area contributed by atoms with Gasteiger partial charge in [0.2, 0.25) is 5.91 Å². The summed E-state index contributed by atoms with van der Waals surface area (Å²) >= 11 is 0. The number of hydrogen-bond donors (Lipinski definition) is 2. The molecular weight excluding hydrogens is 250 g/mol. The van der Waals surface area contributed by atoms with E-state index in [9.17, 15) is 9.59 Å². The molecule has 0 aliphatic carbocycles. The summed E-state index contributed by atoms with van der Waals surface area (Å²) in [4.78, 5) is 21.9. The van der Waals surface area contributed by atoms with Crippen molar-refractivity contribution < 1.29 is 19.4 Å². The number of carboxylic acid groups (broad SMARTS) is 1. The molecule has 7 nitrogen and oxygen atoms in total. The molecule has 0 radical (unpaired) electrons.